The molecule has 0 N–H and O–H groups in total. The maximum Gasteiger partial charge on any atom is 0.292 e. The number of nitro groups is 1. The van der Waals surface area contributed by atoms with Crippen LogP contribution in [0.1, 0.15) is 11.1 Å². The number of benzene rings is 2. The molecule has 1 aliphatic rings. The van der Waals surface area contributed by atoms with Gasteiger partial charge in [-0.15, -0.1) is 0 Å². The number of para-hydroxylation sites is 2. The van der Waals surface area contributed by atoms with Crippen molar-refractivity contribution in [2.45, 2.75) is 6.54 Å². The van der Waals surface area contributed by atoms with Gasteiger partial charge in [-0.3, -0.25) is 24.6 Å². The first kappa shape index (κ1) is 23.9. The summed E-state index contributed by atoms with van der Waals surface area (Å²) in [4.78, 5) is 32.0. The summed E-state index contributed by atoms with van der Waals surface area (Å²) in [5, 5.41) is 16.2. The van der Waals surface area contributed by atoms with Crippen molar-refractivity contribution in [1.82, 2.24) is 19.7 Å². The molecule has 0 bridgehead atoms. The van der Waals surface area contributed by atoms with Gasteiger partial charge in [0.25, 0.3) is 5.69 Å². The largest absolute Gasteiger partial charge is 0.362 e. The molecule has 0 atom stereocenters. The van der Waals surface area contributed by atoms with Crippen LogP contribution in [-0.2, 0) is 11.3 Å². The minimum atomic E-state index is -0.368. The molecule has 1 fully saturated rings. The summed E-state index contributed by atoms with van der Waals surface area (Å²) in [6.07, 6.45) is 8.78. The molecule has 1 saturated heterocycles. The molecule has 2 aromatic carbocycles. The summed E-state index contributed by atoms with van der Waals surface area (Å²) >= 11 is 0. The van der Waals surface area contributed by atoms with E-state index in [2.05, 4.69) is 4.98 Å². The van der Waals surface area contributed by atoms with Crippen molar-refractivity contribution in [2.75, 3.05) is 31.1 Å². The molecule has 0 radical (unpaired) electrons. The number of nitro benzene ring substituents is 1. The number of anilines is 1. The van der Waals surface area contributed by atoms with E-state index in [9.17, 15) is 14.9 Å². The monoisotopic (exact) mass is 494 g/mol. The van der Waals surface area contributed by atoms with Crippen LogP contribution in [0.5, 0.6) is 0 Å². The molecular weight excluding hydrogens is 468 g/mol. The molecule has 0 aliphatic carbocycles. The number of hydrogen-bond donors (Lipinski definition) is 0. The van der Waals surface area contributed by atoms with Gasteiger partial charge in [-0.1, -0.05) is 42.5 Å². The minimum Gasteiger partial charge on any atom is -0.362 e. The third kappa shape index (κ3) is 5.56. The van der Waals surface area contributed by atoms with Crippen LogP contribution >= 0.6 is 0 Å². The second-order valence-corrected chi connectivity index (χ2v) is 8.75. The highest BCUT2D eigenvalue weighted by Crippen LogP contribution is 2.28. The fourth-order valence-corrected chi connectivity index (χ4v) is 4.46. The third-order valence-electron chi connectivity index (χ3n) is 6.33. The lowest BCUT2D eigenvalue weighted by molar-refractivity contribution is -0.384. The molecular formula is C28H26N6O3. The average Bonchev–Trinajstić information content (AvgIpc) is 3.35. The lowest BCUT2D eigenvalue weighted by Gasteiger charge is -2.35. The molecule has 1 amide bonds. The Bertz CT molecular complexity index is 1410. The Morgan fingerprint density at radius 3 is 2.46 bits per heavy atom. The molecule has 3 heterocycles. The molecule has 0 saturated carbocycles. The predicted octanol–water partition coefficient (Wildman–Crippen LogP) is 4.26. The molecule has 186 valence electrons. The second-order valence-electron chi connectivity index (χ2n) is 8.75. The lowest BCUT2D eigenvalue weighted by atomic mass is 10.1. The average molecular weight is 495 g/mol. The summed E-state index contributed by atoms with van der Waals surface area (Å²) in [5.74, 6) is -0.102. The fourth-order valence-electron chi connectivity index (χ4n) is 4.46. The van der Waals surface area contributed by atoms with E-state index >= 15 is 0 Å². The van der Waals surface area contributed by atoms with E-state index in [1.54, 1.807) is 47.6 Å². The molecule has 9 heteroatoms. The summed E-state index contributed by atoms with van der Waals surface area (Å²) in [7, 11) is 0. The maximum atomic E-state index is 13.0. The highest BCUT2D eigenvalue weighted by Gasteiger charge is 2.24. The standard InChI is InChI=1S/C28H26N6O3/c35-27(32-17-15-31(16-18-32)25-10-4-5-11-26(25)34(36)37)13-12-24-21-33(20-22-7-2-1-3-8-22)30-28(24)23-9-6-14-29-19-23/h1-14,19,21H,15-18,20H2/b13-12+. The van der Waals surface area contributed by atoms with Gasteiger partial charge in [-0.05, 0) is 29.8 Å². The highest BCUT2D eigenvalue weighted by atomic mass is 16.6. The van der Waals surface area contributed by atoms with E-state index in [0.717, 1.165) is 22.4 Å². The fraction of sp³-hybridized carbons (Fsp3) is 0.179. The van der Waals surface area contributed by atoms with Crippen LogP contribution in [-0.4, -0.2) is 56.7 Å². The number of nitrogens with zero attached hydrogens (tertiary/aromatic N) is 6. The van der Waals surface area contributed by atoms with Gasteiger partial charge in [0.2, 0.25) is 5.91 Å². The summed E-state index contributed by atoms with van der Waals surface area (Å²) < 4.78 is 1.87. The normalized spacial score (nSPS) is 13.7. The zero-order chi connectivity index (χ0) is 25.6. The Balaban J connectivity index is 1.30. The first-order chi connectivity index (χ1) is 18.1. The molecule has 37 heavy (non-hydrogen) atoms. The number of hydrogen-bond acceptors (Lipinski definition) is 6. The first-order valence-electron chi connectivity index (χ1n) is 12.1. The Morgan fingerprint density at radius 1 is 0.973 bits per heavy atom. The lowest BCUT2D eigenvalue weighted by Crippen LogP contribution is -2.48. The number of rotatable bonds is 7. The van der Waals surface area contributed by atoms with E-state index in [0.29, 0.717) is 38.4 Å². The quantitative estimate of drug-likeness (QED) is 0.216. The Kier molecular flexibility index (Phi) is 7.02. The van der Waals surface area contributed by atoms with Gasteiger partial charge in [0.15, 0.2) is 0 Å². The SMILES string of the molecule is O=C(/C=C/c1cn(Cc2ccccc2)nc1-c1cccnc1)N1CCN(c2ccccc2[N+](=O)[O-])CC1. The molecule has 4 aromatic rings. The van der Waals surface area contributed by atoms with Crippen LogP contribution in [0.4, 0.5) is 11.4 Å². The van der Waals surface area contributed by atoms with Crippen LogP contribution in [0, 0.1) is 10.1 Å². The van der Waals surface area contributed by atoms with E-state index in [-0.39, 0.29) is 16.5 Å². The maximum absolute atomic E-state index is 13.0. The molecule has 0 unspecified atom stereocenters. The molecule has 2 aromatic heterocycles. The number of carbonyl (C=O) groups is 1. The zero-order valence-corrected chi connectivity index (χ0v) is 20.2. The number of carbonyl (C=O) groups excluding carboxylic acids is 1. The van der Waals surface area contributed by atoms with Crippen molar-refractivity contribution >= 4 is 23.4 Å². The van der Waals surface area contributed by atoms with Gasteiger partial charge in [0.05, 0.1) is 11.5 Å². The van der Waals surface area contributed by atoms with Crippen molar-refractivity contribution in [2.24, 2.45) is 0 Å². The Hall–Kier alpha value is -4.79. The van der Waals surface area contributed by atoms with Gasteiger partial charge in [-0.2, -0.15) is 5.10 Å². The summed E-state index contributed by atoms with van der Waals surface area (Å²) in [6.45, 7) is 2.64. The minimum absolute atomic E-state index is 0.0811. The van der Waals surface area contributed by atoms with Crippen molar-refractivity contribution < 1.29 is 9.72 Å². The van der Waals surface area contributed by atoms with E-state index in [1.165, 1.54) is 6.07 Å². The van der Waals surface area contributed by atoms with E-state index in [1.807, 2.05) is 58.2 Å². The predicted molar refractivity (Wildman–Crippen MR) is 142 cm³/mol. The molecule has 5 rings (SSSR count). The van der Waals surface area contributed by atoms with Crippen LogP contribution in [0.2, 0.25) is 0 Å². The van der Waals surface area contributed by atoms with Crippen molar-refractivity contribution in [3.8, 4) is 11.3 Å². The molecule has 9 nitrogen and oxygen atoms in total. The Morgan fingerprint density at radius 2 is 1.73 bits per heavy atom. The van der Waals surface area contributed by atoms with Crippen LogP contribution in [0.15, 0.2) is 91.4 Å². The number of piperazine rings is 1. The molecule has 1 aliphatic heterocycles. The first-order valence-corrected chi connectivity index (χ1v) is 12.1. The van der Waals surface area contributed by atoms with Gasteiger partial charge in [0.1, 0.15) is 11.4 Å². The Labute approximate surface area is 214 Å². The number of pyridine rings is 1. The van der Waals surface area contributed by atoms with Gasteiger partial charge < -0.3 is 9.80 Å². The zero-order valence-electron chi connectivity index (χ0n) is 20.2. The summed E-state index contributed by atoms with van der Waals surface area (Å²) in [6, 6.07) is 20.6. The van der Waals surface area contributed by atoms with E-state index in [4.69, 9.17) is 5.10 Å². The van der Waals surface area contributed by atoms with Crippen LogP contribution < -0.4 is 4.90 Å². The second kappa shape index (κ2) is 10.9. The molecule has 0 spiro atoms. The number of aromatic nitrogens is 3. The van der Waals surface area contributed by atoms with Crippen LogP contribution in [0.25, 0.3) is 17.3 Å². The van der Waals surface area contributed by atoms with Crippen molar-refractivity contribution in [1.29, 1.82) is 0 Å². The van der Waals surface area contributed by atoms with Crippen molar-refractivity contribution in [3.63, 3.8) is 0 Å². The van der Waals surface area contributed by atoms with Gasteiger partial charge in [0, 0.05) is 68.0 Å². The van der Waals surface area contributed by atoms with Gasteiger partial charge >= 0.3 is 0 Å². The highest BCUT2D eigenvalue weighted by molar-refractivity contribution is 5.93. The number of amides is 1. The van der Waals surface area contributed by atoms with Gasteiger partial charge in [-0.25, -0.2) is 0 Å². The van der Waals surface area contributed by atoms with Crippen LogP contribution in [0.3, 0.4) is 0 Å². The third-order valence-corrected chi connectivity index (χ3v) is 6.33. The van der Waals surface area contributed by atoms with E-state index < -0.39 is 0 Å². The topological polar surface area (TPSA) is 97.4 Å². The summed E-state index contributed by atoms with van der Waals surface area (Å²) in [5.41, 5.74) is 4.26. The smallest absolute Gasteiger partial charge is 0.292 e. The van der Waals surface area contributed by atoms with Crippen molar-refractivity contribution in [3.05, 3.63) is 113 Å².